The molecule has 0 radical (unpaired) electrons. The molecule has 0 amide bonds. The summed E-state index contributed by atoms with van der Waals surface area (Å²) in [6.45, 7) is 8.51. The second kappa shape index (κ2) is 5.96. The van der Waals surface area contributed by atoms with Crippen LogP contribution in [0.5, 0.6) is 5.75 Å². The lowest BCUT2D eigenvalue weighted by Gasteiger charge is -2.18. The van der Waals surface area contributed by atoms with E-state index in [1.807, 2.05) is 7.05 Å². The predicted octanol–water partition coefficient (Wildman–Crippen LogP) is 3.61. The molecule has 0 heterocycles. The lowest BCUT2D eigenvalue weighted by atomic mass is 9.92. The first kappa shape index (κ1) is 14.4. The first-order valence-corrected chi connectivity index (χ1v) is 7.50. The third kappa shape index (κ3) is 3.11. The van der Waals surface area contributed by atoms with E-state index in [9.17, 15) is 0 Å². The number of likely N-dealkylation sites (N-methyl/N-ethyl adjacent to an activating group) is 1. The Hall–Kier alpha value is -1.02. The highest BCUT2D eigenvalue weighted by Gasteiger charge is 2.53. The van der Waals surface area contributed by atoms with Crippen LogP contribution in [0.2, 0.25) is 0 Å². The van der Waals surface area contributed by atoms with E-state index in [0.29, 0.717) is 11.3 Å². The van der Waals surface area contributed by atoms with Gasteiger partial charge in [0.2, 0.25) is 0 Å². The lowest BCUT2D eigenvalue weighted by molar-refractivity contribution is 0.271. The van der Waals surface area contributed by atoms with Gasteiger partial charge in [-0.05, 0) is 43.0 Å². The van der Waals surface area contributed by atoms with Gasteiger partial charge >= 0.3 is 0 Å². The third-order valence-corrected chi connectivity index (χ3v) is 4.23. The Bertz CT molecular complexity index is 398. The highest BCUT2D eigenvalue weighted by atomic mass is 16.5. The van der Waals surface area contributed by atoms with E-state index in [1.165, 1.54) is 18.4 Å². The molecule has 2 rings (SSSR count). The molecule has 106 valence electrons. The summed E-state index contributed by atoms with van der Waals surface area (Å²) >= 11 is 0. The lowest BCUT2D eigenvalue weighted by Crippen LogP contribution is -2.25. The molecule has 19 heavy (non-hydrogen) atoms. The summed E-state index contributed by atoms with van der Waals surface area (Å²) in [5.41, 5.74) is 1.84. The maximum atomic E-state index is 5.75. The standard InChI is InChI=1S/C17H27NO/c1-5-14-10-17(14,12-18-4)15-6-8-16(9-7-15)19-11-13(2)3/h6-9,13-14,18H,5,10-12H2,1-4H3. The largest absolute Gasteiger partial charge is 0.493 e. The van der Waals surface area contributed by atoms with Crippen LogP contribution in [0.3, 0.4) is 0 Å². The van der Waals surface area contributed by atoms with Crippen molar-refractivity contribution in [2.45, 2.75) is 39.0 Å². The molecule has 1 aromatic carbocycles. The molecule has 0 saturated heterocycles. The molecule has 0 spiro atoms. The van der Waals surface area contributed by atoms with Crippen molar-refractivity contribution in [3.05, 3.63) is 29.8 Å². The topological polar surface area (TPSA) is 21.3 Å². The van der Waals surface area contributed by atoms with Crippen molar-refractivity contribution in [3.63, 3.8) is 0 Å². The van der Waals surface area contributed by atoms with Gasteiger partial charge in [-0.15, -0.1) is 0 Å². The maximum absolute atomic E-state index is 5.75. The van der Waals surface area contributed by atoms with E-state index >= 15 is 0 Å². The van der Waals surface area contributed by atoms with Gasteiger partial charge in [0, 0.05) is 12.0 Å². The average molecular weight is 261 g/mol. The van der Waals surface area contributed by atoms with Gasteiger partial charge in [-0.3, -0.25) is 0 Å². The molecule has 1 aliphatic rings. The van der Waals surface area contributed by atoms with Crippen molar-refractivity contribution in [2.24, 2.45) is 11.8 Å². The third-order valence-electron chi connectivity index (χ3n) is 4.23. The summed E-state index contributed by atoms with van der Waals surface area (Å²) in [5.74, 6) is 2.40. The van der Waals surface area contributed by atoms with E-state index in [2.05, 4.69) is 50.4 Å². The molecule has 1 fully saturated rings. The van der Waals surface area contributed by atoms with Gasteiger partial charge in [0.25, 0.3) is 0 Å². The van der Waals surface area contributed by atoms with Gasteiger partial charge in [0.1, 0.15) is 5.75 Å². The average Bonchev–Trinajstić information content (AvgIpc) is 3.12. The quantitative estimate of drug-likeness (QED) is 0.809. The fourth-order valence-corrected chi connectivity index (χ4v) is 3.05. The van der Waals surface area contributed by atoms with Crippen molar-refractivity contribution in [1.82, 2.24) is 5.32 Å². The van der Waals surface area contributed by atoms with E-state index in [1.54, 1.807) is 0 Å². The van der Waals surface area contributed by atoms with Gasteiger partial charge in [0.05, 0.1) is 6.61 Å². The van der Waals surface area contributed by atoms with Gasteiger partial charge < -0.3 is 10.1 Å². The summed E-state index contributed by atoms with van der Waals surface area (Å²) in [6, 6.07) is 8.76. The monoisotopic (exact) mass is 261 g/mol. The molecule has 1 aliphatic carbocycles. The van der Waals surface area contributed by atoms with Crippen LogP contribution in [0, 0.1) is 11.8 Å². The van der Waals surface area contributed by atoms with E-state index in [4.69, 9.17) is 4.74 Å². The molecule has 1 aromatic rings. The van der Waals surface area contributed by atoms with E-state index < -0.39 is 0 Å². The highest BCUT2D eigenvalue weighted by Crippen LogP contribution is 2.55. The zero-order valence-corrected chi connectivity index (χ0v) is 12.7. The Morgan fingerprint density at radius 3 is 2.47 bits per heavy atom. The summed E-state index contributed by atoms with van der Waals surface area (Å²) in [6.07, 6.45) is 2.59. The Morgan fingerprint density at radius 2 is 2.00 bits per heavy atom. The van der Waals surface area contributed by atoms with Crippen LogP contribution in [0.25, 0.3) is 0 Å². The van der Waals surface area contributed by atoms with Crippen molar-refractivity contribution in [3.8, 4) is 5.75 Å². The van der Waals surface area contributed by atoms with Crippen LogP contribution in [0.1, 0.15) is 39.2 Å². The zero-order valence-electron chi connectivity index (χ0n) is 12.7. The Balaban J connectivity index is 2.05. The minimum Gasteiger partial charge on any atom is -0.493 e. The van der Waals surface area contributed by atoms with Crippen molar-refractivity contribution < 1.29 is 4.74 Å². The normalized spacial score (nSPS) is 25.6. The van der Waals surface area contributed by atoms with Crippen LogP contribution < -0.4 is 10.1 Å². The molecule has 2 nitrogen and oxygen atoms in total. The molecule has 1 saturated carbocycles. The first-order chi connectivity index (χ1) is 9.12. The summed E-state index contributed by atoms with van der Waals surface area (Å²) in [4.78, 5) is 0. The first-order valence-electron chi connectivity index (χ1n) is 7.50. The summed E-state index contributed by atoms with van der Waals surface area (Å²) in [5, 5.41) is 3.36. The molecular weight excluding hydrogens is 234 g/mol. The zero-order chi connectivity index (χ0) is 13.9. The summed E-state index contributed by atoms with van der Waals surface area (Å²) in [7, 11) is 2.05. The second-order valence-electron chi connectivity index (χ2n) is 6.22. The van der Waals surface area contributed by atoms with Crippen molar-refractivity contribution in [2.75, 3.05) is 20.2 Å². The van der Waals surface area contributed by atoms with Crippen molar-refractivity contribution in [1.29, 1.82) is 0 Å². The fraction of sp³-hybridized carbons (Fsp3) is 0.647. The SMILES string of the molecule is CCC1CC1(CNC)c1ccc(OCC(C)C)cc1. The minimum absolute atomic E-state index is 0.375. The van der Waals surface area contributed by atoms with Crippen LogP contribution >= 0.6 is 0 Å². The number of rotatable bonds is 7. The van der Waals surface area contributed by atoms with E-state index in [-0.39, 0.29) is 0 Å². The minimum atomic E-state index is 0.375. The van der Waals surface area contributed by atoms with Crippen LogP contribution in [0.15, 0.2) is 24.3 Å². The Kier molecular flexibility index (Phi) is 4.51. The number of ether oxygens (including phenoxy) is 1. The molecule has 0 aromatic heterocycles. The molecule has 2 atom stereocenters. The molecule has 1 N–H and O–H groups in total. The number of hydrogen-bond acceptors (Lipinski definition) is 2. The van der Waals surface area contributed by atoms with Crippen LogP contribution in [0.4, 0.5) is 0 Å². The van der Waals surface area contributed by atoms with Crippen LogP contribution in [-0.2, 0) is 5.41 Å². The molecule has 0 bridgehead atoms. The second-order valence-corrected chi connectivity index (χ2v) is 6.22. The highest BCUT2D eigenvalue weighted by molar-refractivity contribution is 5.38. The van der Waals surface area contributed by atoms with Crippen LogP contribution in [-0.4, -0.2) is 20.2 Å². The number of nitrogens with one attached hydrogen (secondary N) is 1. The predicted molar refractivity (Wildman–Crippen MR) is 80.8 cm³/mol. The Labute approximate surface area is 117 Å². The smallest absolute Gasteiger partial charge is 0.119 e. The van der Waals surface area contributed by atoms with Gasteiger partial charge in [-0.25, -0.2) is 0 Å². The van der Waals surface area contributed by atoms with E-state index in [0.717, 1.165) is 24.8 Å². The van der Waals surface area contributed by atoms with Gasteiger partial charge in [-0.1, -0.05) is 39.3 Å². The fourth-order valence-electron chi connectivity index (χ4n) is 3.05. The van der Waals surface area contributed by atoms with Gasteiger partial charge in [-0.2, -0.15) is 0 Å². The molecular formula is C17H27NO. The number of benzene rings is 1. The molecule has 2 heteroatoms. The molecule has 0 aliphatic heterocycles. The van der Waals surface area contributed by atoms with Gasteiger partial charge in [0.15, 0.2) is 0 Å². The number of hydrogen-bond donors (Lipinski definition) is 1. The maximum Gasteiger partial charge on any atom is 0.119 e. The molecule has 2 unspecified atom stereocenters. The van der Waals surface area contributed by atoms with Crippen molar-refractivity contribution >= 4 is 0 Å². The Morgan fingerprint density at radius 1 is 1.32 bits per heavy atom. The summed E-state index contributed by atoms with van der Waals surface area (Å²) < 4.78 is 5.75.